The van der Waals surface area contributed by atoms with Gasteiger partial charge in [0.05, 0.1) is 13.7 Å². The van der Waals surface area contributed by atoms with Crippen LogP contribution in [0.5, 0.6) is 5.75 Å². The van der Waals surface area contributed by atoms with E-state index < -0.39 is 0 Å². The van der Waals surface area contributed by atoms with Crippen LogP contribution in [0.2, 0.25) is 0 Å². The van der Waals surface area contributed by atoms with Gasteiger partial charge in [-0.1, -0.05) is 25.1 Å². The summed E-state index contributed by atoms with van der Waals surface area (Å²) in [6.45, 7) is 5.19. The van der Waals surface area contributed by atoms with Crippen molar-refractivity contribution in [2.75, 3.05) is 30.4 Å². The van der Waals surface area contributed by atoms with Gasteiger partial charge in [-0.2, -0.15) is 0 Å². The minimum absolute atomic E-state index is 0.396. The van der Waals surface area contributed by atoms with Gasteiger partial charge in [0.15, 0.2) is 5.96 Å². The number of methoxy groups -OCH3 is 1. The highest BCUT2D eigenvalue weighted by atomic mass is 16.5. The second-order valence-corrected chi connectivity index (χ2v) is 6.89. The van der Waals surface area contributed by atoms with Crippen molar-refractivity contribution in [1.82, 2.24) is 0 Å². The average molecular weight is 352 g/mol. The standard InChI is InChI=1S/C21H28N4O/c1-16-10-12-25(13-11-16)19-8-6-17(7-9-19)15-23-21(22)24-18-4-3-5-20(14-18)26-2/h3-9,14,16H,10-13,15H2,1-2H3,(H3,22,23,24). The van der Waals surface area contributed by atoms with E-state index in [4.69, 9.17) is 10.5 Å². The molecular weight excluding hydrogens is 324 g/mol. The number of nitrogens with one attached hydrogen (secondary N) is 1. The second-order valence-electron chi connectivity index (χ2n) is 6.89. The molecule has 138 valence electrons. The zero-order valence-corrected chi connectivity index (χ0v) is 15.6. The molecule has 0 radical (unpaired) electrons. The number of guanidine groups is 1. The predicted octanol–water partition coefficient (Wildman–Crippen LogP) is 3.86. The molecule has 0 spiro atoms. The molecule has 3 rings (SSSR count). The van der Waals surface area contributed by atoms with Crippen molar-refractivity contribution in [3.05, 3.63) is 54.1 Å². The summed E-state index contributed by atoms with van der Waals surface area (Å²) >= 11 is 0. The van der Waals surface area contributed by atoms with E-state index in [-0.39, 0.29) is 0 Å². The molecule has 0 saturated carbocycles. The third-order valence-electron chi connectivity index (χ3n) is 4.86. The van der Waals surface area contributed by atoms with Crippen LogP contribution in [-0.4, -0.2) is 26.2 Å². The lowest BCUT2D eigenvalue weighted by Gasteiger charge is -2.32. The zero-order valence-electron chi connectivity index (χ0n) is 15.6. The molecule has 1 aliphatic heterocycles. The minimum Gasteiger partial charge on any atom is -0.497 e. The summed E-state index contributed by atoms with van der Waals surface area (Å²) in [5, 5.41) is 3.09. The molecule has 0 atom stereocenters. The van der Waals surface area contributed by atoms with Gasteiger partial charge in [-0.15, -0.1) is 0 Å². The fourth-order valence-electron chi connectivity index (χ4n) is 3.14. The third kappa shape index (κ3) is 4.91. The first-order valence-corrected chi connectivity index (χ1v) is 9.19. The molecule has 1 heterocycles. The summed E-state index contributed by atoms with van der Waals surface area (Å²) in [6.07, 6.45) is 2.55. The van der Waals surface area contributed by atoms with Crippen molar-refractivity contribution in [3.63, 3.8) is 0 Å². The lowest BCUT2D eigenvalue weighted by Crippen LogP contribution is -2.32. The first kappa shape index (κ1) is 18.1. The van der Waals surface area contributed by atoms with Crippen LogP contribution in [-0.2, 0) is 6.54 Å². The average Bonchev–Trinajstić information content (AvgIpc) is 2.67. The predicted molar refractivity (Wildman–Crippen MR) is 109 cm³/mol. The van der Waals surface area contributed by atoms with Crippen LogP contribution in [0.3, 0.4) is 0 Å². The van der Waals surface area contributed by atoms with Gasteiger partial charge < -0.3 is 20.7 Å². The van der Waals surface area contributed by atoms with Crippen LogP contribution in [0.1, 0.15) is 25.3 Å². The van der Waals surface area contributed by atoms with Gasteiger partial charge in [-0.05, 0) is 48.6 Å². The Balaban J connectivity index is 1.55. The molecule has 2 aromatic rings. The third-order valence-corrected chi connectivity index (χ3v) is 4.86. The fraction of sp³-hybridized carbons (Fsp3) is 0.381. The highest BCUT2D eigenvalue weighted by Crippen LogP contribution is 2.23. The van der Waals surface area contributed by atoms with E-state index in [0.717, 1.165) is 36.0 Å². The fourth-order valence-corrected chi connectivity index (χ4v) is 3.14. The molecule has 1 saturated heterocycles. The highest BCUT2D eigenvalue weighted by Gasteiger charge is 2.15. The smallest absolute Gasteiger partial charge is 0.193 e. The number of ether oxygens (including phenoxy) is 1. The van der Waals surface area contributed by atoms with Gasteiger partial charge >= 0.3 is 0 Å². The van der Waals surface area contributed by atoms with E-state index in [1.165, 1.54) is 18.5 Å². The highest BCUT2D eigenvalue weighted by molar-refractivity contribution is 5.92. The Kier molecular flexibility index (Phi) is 6.00. The second kappa shape index (κ2) is 8.61. The summed E-state index contributed by atoms with van der Waals surface area (Å²) < 4.78 is 5.21. The number of rotatable bonds is 5. The van der Waals surface area contributed by atoms with Gasteiger partial charge in [0.1, 0.15) is 5.75 Å². The Morgan fingerprint density at radius 2 is 1.92 bits per heavy atom. The molecule has 0 aliphatic carbocycles. The van der Waals surface area contributed by atoms with E-state index in [9.17, 15) is 0 Å². The monoisotopic (exact) mass is 352 g/mol. The van der Waals surface area contributed by atoms with Crippen LogP contribution < -0.4 is 20.7 Å². The zero-order chi connectivity index (χ0) is 18.4. The molecular formula is C21H28N4O. The number of hydrogen-bond donors (Lipinski definition) is 2. The molecule has 0 aromatic heterocycles. The summed E-state index contributed by atoms with van der Waals surface area (Å²) in [7, 11) is 1.64. The minimum atomic E-state index is 0.396. The quantitative estimate of drug-likeness (QED) is 0.634. The van der Waals surface area contributed by atoms with E-state index in [0.29, 0.717) is 12.5 Å². The number of aliphatic imine (C=N–C) groups is 1. The van der Waals surface area contributed by atoms with E-state index >= 15 is 0 Å². The topological polar surface area (TPSA) is 62.9 Å². The Morgan fingerprint density at radius 3 is 2.62 bits per heavy atom. The lowest BCUT2D eigenvalue weighted by atomic mass is 9.99. The normalized spacial score (nSPS) is 15.8. The van der Waals surface area contributed by atoms with E-state index in [1.54, 1.807) is 7.11 Å². The molecule has 26 heavy (non-hydrogen) atoms. The molecule has 3 N–H and O–H groups in total. The Morgan fingerprint density at radius 1 is 1.19 bits per heavy atom. The van der Waals surface area contributed by atoms with Crippen LogP contribution in [0.15, 0.2) is 53.5 Å². The maximum absolute atomic E-state index is 5.99. The van der Waals surface area contributed by atoms with Crippen molar-refractivity contribution in [2.45, 2.75) is 26.3 Å². The van der Waals surface area contributed by atoms with Crippen molar-refractivity contribution >= 4 is 17.3 Å². The molecule has 0 bridgehead atoms. The van der Waals surface area contributed by atoms with Crippen molar-refractivity contribution in [3.8, 4) is 5.75 Å². The first-order valence-electron chi connectivity index (χ1n) is 9.19. The van der Waals surface area contributed by atoms with Gasteiger partial charge in [0, 0.05) is 30.5 Å². The van der Waals surface area contributed by atoms with Crippen LogP contribution in [0.25, 0.3) is 0 Å². The summed E-state index contributed by atoms with van der Waals surface area (Å²) in [5.41, 5.74) is 9.30. The van der Waals surface area contributed by atoms with Gasteiger partial charge in [-0.25, -0.2) is 4.99 Å². The number of anilines is 2. The number of benzene rings is 2. The number of nitrogens with zero attached hydrogens (tertiary/aromatic N) is 2. The largest absolute Gasteiger partial charge is 0.497 e. The number of piperidine rings is 1. The number of nitrogens with two attached hydrogens (primary N) is 1. The van der Waals surface area contributed by atoms with Gasteiger partial charge in [0.2, 0.25) is 0 Å². The summed E-state index contributed by atoms with van der Waals surface area (Å²) in [6, 6.07) is 16.3. The van der Waals surface area contributed by atoms with Crippen LogP contribution in [0.4, 0.5) is 11.4 Å². The van der Waals surface area contributed by atoms with Gasteiger partial charge in [-0.3, -0.25) is 0 Å². The summed E-state index contributed by atoms with van der Waals surface area (Å²) in [4.78, 5) is 6.89. The molecule has 2 aromatic carbocycles. The van der Waals surface area contributed by atoms with Crippen LogP contribution in [0, 0.1) is 5.92 Å². The molecule has 1 aliphatic rings. The Labute approximate surface area is 155 Å². The van der Waals surface area contributed by atoms with E-state index in [1.807, 2.05) is 24.3 Å². The maximum atomic E-state index is 5.99. The molecule has 0 amide bonds. The molecule has 5 nitrogen and oxygen atoms in total. The Bertz CT molecular complexity index is 734. The Hall–Kier alpha value is -2.69. The number of hydrogen-bond acceptors (Lipinski definition) is 3. The van der Waals surface area contributed by atoms with Gasteiger partial charge in [0.25, 0.3) is 0 Å². The molecule has 0 unspecified atom stereocenters. The lowest BCUT2D eigenvalue weighted by molar-refractivity contribution is 0.415. The molecule has 1 fully saturated rings. The molecule has 5 heteroatoms. The summed E-state index contributed by atoms with van der Waals surface area (Å²) in [5.74, 6) is 2.03. The van der Waals surface area contributed by atoms with Crippen molar-refractivity contribution < 1.29 is 4.74 Å². The van der Waals surface area contributed by atoms with Crippen molar-refractivity contribution in [2.24, 2.45) is 16.6 Å². The van der Waals surface area contributed by atoms with Crippen molar-refractivity contribution in [1.29, 1.82) is 0 Å². The first-order chi connectivity index (χ1) is 12.6. The van der Waals surface area contributed by atoms with E-state index in [2.05, 4.69) is 46.4 Å². The van der Waals surface area contributed by atoms with Crippen LogP contribution >= 0.6 is 0 Å². The SMILES string of the molecule is COc1cccc(NC(N)=NCc2ccc(N3CCC(C)CC3)cc2)c1. The maximum Gasteiger partial charge on any atom is 0.193 e.